The van der Waals surface area contributed by atoms with Crippen LogP contribution < -0.4 is 16.2 Å². The first kappa shape index (κ1) is 32.9. The molecule has 3 N–H and O–H groups in total. The largest absolute Gasteiger partial charge is 0.453 e. The molecule has 0 aliphatic heterocycles. The Kier molecular flexibility index (Phi) is 11.5. The number of H-pyrrole nitrogens is 1. The fourth-order valence-electron chi connectivity index (χ4n) is 4.28. The quantitative estimate of drug-likeness (QED) is 0.253. The molecule has 3 heterocycles. The summed E-state index contributed by atoms with van der Waals surface area (Å²) in [5, 5.41) is 5.04. The number of halogens is 1. The third kappa shape index (κ3) is 8.70. The first-order valence-corrected chi connectivity index (χ1v) is 13.7. The van der Waals surface area contributed by atoms with Crippen LogP contribution in [-0.2, 0) is 38.6 Å². The fourth-order valence-corrected chi connectivity index (χ4v) is 4.28. The number of aromatic amines is 1. The number of anilines is 1. The number of nitrogens with one attached hydrogen (secondary N) is 3. The number of alkyl carbamates (subject to hydrolysis) is 1. The maximum atomic E-state index is 14.6. The lowest BCUT2D eigenvalue weighted by Gasteiger charge is -2.18. The van der Waals surface area contributed by atoms with Gasteiger partial charge >= 0.3 is 6.09 Å². The lowest BCUT2D eigenvalue weighted by atomic mass is 10.1. The zero-order valence-electron chi connectivity index (χ0n) is 25.2. The molecule has 0 aliphatic carbocycles. The lowest BCUT2D eigenvalue weighted by Crippen LogP contribution is -2.44. The topological polar surface area (TPSA) is 161 Å². The first-order valence-electron chi connectivity index (χ1n) is 13.7. The van der Waals surface area contributed by atoms with Gasteiger partial charge in [0.1, 0.15) is 23.1 Å². The summed E-state index contributed by atoms with van der Waals surface area (Å²) in [5.74, 6) is -0.868. The minimum absolute atomic E-state index is 0.0516. The number of carbonyl (C=O) groups excluding carboxylic acids is 3. The summed E-state index contributed by atoms with van der Waals surface area (Å²) in [5.41, 5.74) is 1.15. The molecule has 14 heteroatoms. The Labute approximate surface area is 248 Å². The summed E-state index contributed by atoms with van der Waals surface area (Å²) in [7, 11) is 5.87. The first-order chi connectivity index (χ1) is 20.4. The number of fused-ring (bicyclic) bond motifs is 1. The Bertz CT molecular complexity index is 1550. The number of imidazole rings is 1. The number of hydrogen-bond donors (Lipinski definition) is 3. The number of methoxy groups -OCH3 is 2. The Balaban J connectivity index is 1.90. The fraction of sp³-hybridized carbons (Fsp3) is 0.448. The van der Waals surface area contributed by atoms with Gasteiger partial charge in [-0.15, -0.1) is 0 Å². The van der Waals surface area contributed by atoms with E-state index in [0.717, 1.165) is 6.20 Å². The molecule has 0 fully saturated rings. The van der Waals surface area contributed by atoms with Gasteiger partial charge in [-0.25, -0.2) is 14.2 Å². The molecule has 0 spiro atoms. The maximum Gasteiger partial charge on any atom is 0.407 e. The molecule has 0 saturated heterocycles. The molecule has 3 aromatic heterocycles. The number of pyridine rings is 2. The number of ether oxygens (including phenoxy) is 2. The van der Waals surface area contributed by atoms with Crippen LogP contribution >= 0.6 is 0 Å². The van der Waals surface area contributed by atoms with Crippen molar-refractivity contribution in [2.75, 3.05) is 33.6 Å². The van der Waals surface area contributed by atoms with Crippen LogP contribution in [0.1, 0.15) is 43.9 Å². The summed E-state index contributed by atoms with van der Waals surface area (Å²) in [4.78, 5) is 63.6. The van der Waals surface area contributed by atoms with E-state index in [1.807, 2.05) is 13.8 Å². The Morgan fingerprint density at radius 1 is 1.21 bits per heavy atom. The standard InChI is InChI=1S/C29H38FN7O6/c1-17(2)13-22-26-25(19(30)14-31-22)34-23(35-26)15-37-18(16-42-5)11-12-21(28(37)40)32-27(39)20(33-29(41)43-6)9-7-8-10-24(38)36(3)4/h8,10-12,14,17,20H,7,9,13,15-16H2,1-6H3,(H,32,39)(H,33,41)(H,34,35)/b10-8+. The van der Waals surface area contributed by atoms with Crippen LogP contribution in [0, 0.1) is 11.7 Å². The average molecular weight is 600 g/mol. The lowest BCUT2D eigenvalue weighted by molar-refractivity contribution is -0.123. The predicted molar refractivity (Wildman–Crippen MR) is 158 cm³/mol. The molecule has 43 heavy (non-hydrogen) atoms. The van der Waals surface area contributed by atoms with Crippen molar-refractivity contribution in [3.63, 3.8) is 0 Å². The van der Waals surface area contributed by atoms with Crippen molar-refractivity contribution in [2.24, 2.45) is 5.92 Å². The van der Waals surface area contributed by atoms with Crippen molar-refractivity contribution in [1.29, 1.82) is 0 Å². The van der Waals surface area contributed by atoms with Gasteiger partial charge < -0.3 is 34.6 Å². The molecule has 13 nitrogen and oxygen atoms in total. The number of aromatic nitrogens is 4. The van der Waals surface area contributed by atoms with E-state index in [9.17, 15) is 23.6 Å². The molecular formula is C29H38FN7O6. The molecule has 0 aliphatic rings. The van der Waals surface area contributed by atoms with Gasteiger partial charge in [0, 0.05) is 26.9 Å². The summed E-state index contributed by atoms with van der Waals surface area (Å²) in [6, 6.07) is 2.00. The Morgan fingerprint density at radius 2 is 1.95 bits per heavy atom. The van der Waals surface area contributed by atoms with Gasteiger partial charge in [0.05, 0.1) is 37.7 Å². The molecule has 1 unspecified atom stereocenters. The molecule has 3 rings (SSSR count). The van der Waals surface area contributed by atoms with E-state index in [-0.39, 0.29) is 49.0 Å². The number of allylic oxidation sites excluding steroid dienone is 1. The number of likely N-dealkylation sites (N-methyl/N-ethyl adjacent to an activating group) is 1. The molecule has 0 bridgehead atoms. The number of hydrogen-bond acceptors (Lipinski definition) is 8. The van der Waals surface area contributed by atoms with E-state index in [4.69, 9.17) is 4.74 Å². The van der Waals surface area contributed by atoms with E-state index < -0.39 is 29.4 Å². The predicted octanol–water partition coefficient (Wildman–Crippen LogP) is 2.74. The number of amides is 3. The van der Waals surface area contributed by atoms with E-state index in [0.29, 0.717) is 29.1 Å². The van der Waals surface area contributed by atoms with Crippen molar-refractivity contribution in [2.45, 2.75) is 52.3 Å². The highest BCUT2D eigenvalue weighted by molar-refractivity contribution is 5.96. The van der Waals surface area contributed by atoms with Gasteiger partial charge in [0.2, 0.25) is 11.8 Å². The minimum atomic E-state index is -1.07. The number of carbonyl (C=O) groups is 3. The minimum Gasteiger partial charge on any atom is -0.453 e. The van der Waals surface area contributed by atoms with Crippen LogP contribution in [0.15, 0.2) is 35.3 Å². The van der Waals surface area contributed by atoms with Crippen molar-refractivity contribution < 1.29 is 28.2 Å². The van der Waals surface area contributed by atoms with E-state index in [1.54, 1.807) is 26.2 Å². The Hall–Kier alpha value is -4.59. The van der Waals surface area contributed by atoms with Crippen molar-refractivity contribution in [3.8, 4) is 0 Å². The van der Waals surface area contributed by atoms with Crippen molar-refractivity contribution in [1.82, 2.24) is 29.7 Å². The smallest absolute Gasteiger partial charge is 0.407 e. The van der Waals surface area contributed by atoms with Gasteiger partial charge in [0.25, 0.3) is 5.56 Å². The van der Waals surface area contributed by atoms with Gasteiger partial charge in [0.15, 0.2) is 5.82 Å². The second kappa shape index (κ2) is 15.0. The monoisotopic (exact) mass is 599 g/mol. The van der Waals surface area contributed by atoms with E-state index in [1.165, 1.54) is 35.8 Å². The second-order valence-corrected chi connectivity index (χ2v) is 10.5. The normalized spacial score (nSPS) is 12.1. The number of rotatable bonds is 13. The van der Waals surface area contributed by atoms with Gasteiger partial charge in [-0.2, -0.15) is 0 Å². The molecule has 1 atom stereocenters. The molecule has 3 aromatic rings. The highest BCUT2D eigenvalue weighted by Crippen LogP contribution is 2.21. The van der Waals surface area contributed by atoms with Gasteiger partial charge in [-0.1, -0.05) is 19.9 Å². The SMILES string of the molecule is COCc1ccc(NC(=O)C(CC/C=C/C(=O)N(C)C)NC(=O)OC)c(=O)n1Cc1nc2c(F)cnc(CC(C)C)c2[nH]1. The maximum absolute atomic E-state index is 14.6. The van der Waals surface area contributed by atoms with Crippen molar-refractivity contribution in [3.05, 3.63) is 63.9 Å². The number of nitrogens with zero attached hydrogens (tertiary/aromatic N) is 4. The van der Waals surface area contributed by atoms with E-state index >= 15 is 0 Å². The summed E-state index contributed by atoms with van der Waals surface area (Å²) in [6.07, 6.45) is 4.29. The zero-order valence-corrected chi connectivity index (χ0v) is 25.2. The highest BCUT2D eigenvalue weighted by atomic mass is 19.1. The Morgan fingerprint density at radius 3 is 2.60 bits per heavy atom. The third-order valence-electron chi connectivity index (χ3n) is 6.44. The molecule has 3 amide bonds. The molecular weight excluding hydrogens is 561 g/mol. The van der Waals surface area contributed by atoms with E-state index in [2.05, 4.69) is 30.3 Å². The van der Waals surface area contributed by atoms with Crippen LogP contribution in [0.4, 0.5) is 14.9 Å². The second-order valence-electron chi connectivity index (χ2n) is 10.5. The van der Waals surface area contributed by atoms with Crippen LogP contribution in [0.25, 0.3) is 11.0 Å². The van der Waals surface area contributed by atoms with Crippen molar-refractivity contribution >= 4 is 34.6 Å². The van der Waals surface area contributed by atoms with Crippen LogP contribution in [0.5, 0.6) is 0 Å². The molecule has 232 valence electrons. The third-order valence-corrected chi connectivity index (χ3v) is 6.44. The molecule has 0 saturated carbocycles. The molecule has 0 aromatic carbocycles. The van der Waals surface area contributed by atoms with Crippen LogP contribution in [0.2, 0.25) is 0 Å². The van der Waals surface area contributed by atoms with Gasteiger partial charge in [-0.05, 0) is 43.4 Å². The molecule has 0 radical (unpaired) electrons. The summed E-state index contributed by atoms with van der Waals surface area (Å²) >= 11 is 0. The summed E-state index contributed by atoms with van der Waals surface area (Å²) < 4.78 is 25.8. The van der Waals surface area contributed by atoms with Gasteiger partial charge in [-0.3, -0.25) is 19.4 Å². The zero-order chi connectivity index (χ0) is 31.7. The summed E-state index contributed by atoms with van der Waals surface area (Å²) in [6.45, 7) is 4.07. The highest BCUT2D eigenvalue weighted by Gasteiger charge is 2.23. The van der Waals surface area contributed by atoms with Crippen LogP contribution in [-0.4, -0.2) is 76.7 Å². The average Bonchev–Trinajstić information content (AvgIpc) is 3.39. The van der Waals surface area contributed by atoms with Crippen LogP contribution in [0.3, 0.4) is 0 Å².